The molecule has 1 N–H and O–H groups in total. The summed E-state index contributed by atoms with van der Waals surface area (Å²) < 4.78 is 5.18. The van der Waals surface area contributed by atoms with Crippen molar-refractivity contribution in [2.75, 3.05) is 13.7 Å². The van der Waals surface area contributed by atoms with Gasteiger partial charge in [-0.05, 0) is 65.7 Å². The Morgan fingerprint density at radius 1 is 0.806 bits per heavy atom. The number of hydrogen-bond acceptors (Lipinski definition) is 3. The lowest BCUT2D eigenvalue weighted by Gasteiger charge is -2.14. The van der Waals surface area contributed by atoms with Crippen LogP contribution in [0.5, 0.6) is 0 Å². The van der Waals surface area contributed by atoms with E-state index in [2.05, 4.69) is 73.1 Å². The van der Waals surface area contributed by atoms with E-state index in [9.17, 15) is 5.11 Å². The van der Waals surface area contributed by atoms with Crippen molar-refractivity contribution in [1.29, 1.82) is 0 Å². The minimum Gasteiger partial charge on any atom is -0.497 e. The van der Waals surface area contributed by atoms with Gasteiger partial charge in [-0.1, -0.05) is 97.0 Å². The van der Waals surface area contributed by atoms with Gasteiger partial charge in [-0.2, -0.15) is 0 Å². The SMILES string of the molecule is C=C.C=C(/C=C\C(=C)C(=C)/C=C(/CC)C(=C)C(=C)/C=C(/CCO)C(=C)OC)CC.C=CC.C=O.CC. The summed E-state index contributed by atoms with van der Waals surface area (Å²) in [4.78, 5) is 8.00. The van der Waals surface area contributed by atoms with E-state index in [-0.39, 0.29) is 6.61 Å². The summed E-state index contributed by atoms with van der Waals surface area (Å²) >= 11 is 0. The molecule has 0 radical (unpaired) electrons. The van der Waals surface area contributed by atoms with Crippen LogP contribution in [0.25, 0.3) is 0 Å². The Balaban J connectivity index is -0.000000314. The standard InChI is InChI=1S/C25H34O2.C3H6.C2H6.C2H4.CH2O/c1-10-18(3)12-13-19(4)20(5)16-24(11-2)22(7)21(6)17-25(14-15-26)23(8)27-9;1-3-2;3*1-2/h12-13,16-17,26H,3-8,10-11,14-15H2,1-2,9H3;3H,1H2,2H3;1-2H3;1-2H2;1H2/b13-12-,24-16-,25-17-;;;;. The zero-order chi connectivity index (χ0) is 29.7. The lowest BCUT2D eigenvalue weighted by molar-refractivity contribution is -0.0980. The van der Waals surface area contributed by atoms with Crippen LogP contribution < -0.4 is 0 Å². The topological polar surface area (TPSA) is 46.5 Å². The van der Waals surface area contributed by atoms with E-state index in [0.29, 0.717) is 12.2 Å². The van der Waals surface area contributed by atoms with Crippen molar-refractivity contribution in [3.05, 3.63) is 134 Å². The van der Waals surface area contributed by atoms with Gasteiger partial charge in [0.25, 0.3) is 0 Å². The Kier molecular flexibility index (Phi) is 37.5. The van der Waals surface area contributed by atoms with E-state index >= 15 is 0 Å². The van der Waals surface area contributed by atoms with Crippen LogP contribution in [0.3, 0.4) is 0 Å². The van der Waals surface area contributed by atoms with Gasteiger partial charge in [0.15, 0.2) is 0 Å². The van der Waals surface area contributed by atoms with Crippen LogP contribution in [0, 0.1) is 0 Å². The third-order valence-electron chi connectivity index (χ3n) is 4.23. The molecular weight excluding hydrogens is 444 g/mol. The Labute approximate surface area is 223 Å². The molecule has 0 bridgehead atoms. The lowest BCUT2D eigenvalue weighted by atomic mass is 9.93. The second kappa shape index (κ2) is 31.6. The minimum absolute atomic E-state index is 0.0104. The molecule has 0 aromatic heterocycles. The number of aliphatic hydroxyl groups excluding tert-OH is 1. The fourth-order valence-corrected chi connectivity index (χ4v) is 2.20. The smallest absolute Gasteiger partial charge is 0.114 e. The van der Waals surface area contributed by atoms with E-state index in [0.717, 1.165) is 51.9 Å². The zero-order valence-corrected chi connectivity index (χ0v) is 24.0. The highest BCUT2D eigenvalue weighted by atomic mass is 16.5. The number of carbonyl (C=O) groups excluding carboxylic acids is 1. The number of hydrogen-bond donors (Lipinski definition) is 1. The van der Waals surface area contributed by atoms with Gasteiger partial charge in [0.05, 0.1) is 7.11 Å². The van der Waals surface area contributed by atoms with Crippen LogP contribution in [0.4, 0.5) is 0 Å². The van der Waals surface area contributed by atoms with Gasteiger partial charge in [0, 0.05) is 6.61 Å². The number of methoxy groups -OCH3 is 1. The maximum Gasteiger partial charge on any atom is 0.114 e. The largest absolute Gasteiger partial charge is 0.497 e. The highest BCUT2D eigenvalue weighted by Crippen LogP contribution is 2.26. The average Bonchev–Trinajstić information content (AvgIpc) is 2.92. The molecular formula is C33H52O3. The predicted octanol–water partition coefficient (Wildman–Crippen LogP) is 9.37. The van der Waals surface area contributed by atoms with Gasteiger partial charge in [-0.3, -0.25) is 0 Å². The highest BCUT2D eigenvalue weighted by Gasteiger charge is 2.08. The molecule has 0 aliphatic carbocycles. The summed E-state index contributed by atoms with van der Waals surface area (Å²) in [6.45, 7) is 45.7. The fourth-order valence-electron chi connectivity index (χ4n) is 2.20. The Morgan fingerprint density at radius 2 is 1.25 bits per heavy atom. The van der Waals surface area contributed by atoms with E-state index in [1.165, 1.54) is 0 Å². The lowest BCUT2D eigenvalue weighted by Crippen LogP contribution is -1.98. The monoisotopic (exact) mass is 496 g/mol. The number of aliphatic hydroxyl groups is 1. The molecule has 0 saturated carbocycles. The third-order valence-corrected chi connectivity index (χ3v) is 4.23. The molecule has 0 aromatic rings. The van der Waals surface area contributed by atoms with Crippen molar-refractivity contribution in [3.63, 3.8) is 0 Å². The second-order valence-electron chi connectivity index (χ2n) is 6.60. The molecule has 202 valence electrons. The van der Waals surface area contributed by atoms with Gasteiger partial charge < -0.3 is 14.6 Å². The maximum absolute atomic E-state index is 9.24. The Hall–Kier alpha value is -3.43. The Bertz CT molecular complexity index is 784. The number of ether oxygens (including phenoxy) is 1. The van der Waals surface area contributed by atoms with Crippen LogP contribution in [0.1, 0.15) is 53.9 Å². The first-order valence-corrected chi connectivity index (χ1v) is 11.9. The summed E-state index contributed by atoms with van der Waals surface area (Å²) in [6, 6.07) is 0. The number of allylic oxidation sites excluding steroid dienone is 12. The van der Waals surface area contributed by atoms with Crippen molar-refractivity contribution >= 4 is 6.79 Å². The van der Waals surface area contributed by atoms with Crippen molar-refractivity contribution in [3.8, 4) is 0 Å². The van der Waals surface area contributed by atoms with Crippen LogP contribution in [0.2, 0.25) is 0 Å². The first kappa shape index (κ1) is 42.7. The third kappa shape index (κ3) is 22.4. The molecule has 0 spiro atoms. The first-order valence-electron chi connectivity index (χ1n) is 11.9. The zero-order valence-electron chi connectivity index (χ0n) is 24.0. The second-order valence-corrected chi connectivity index (χ2v) is 6.60. The van der Waals surface area contributed by atoms with Gasteiger partial charge in [-0.25, -0.2) is 0 Å². The van der Waals surface area contributed by atoms with Crippen molar-refractivity contribution in [2.45, 2.75) is 53.9 Å². The summed E-state index contributed by atoms with van der Waals surface area (Å²) in [5, 5.41) is 9.24. The molecule has 0 aliphatic rings. The molecule has 0 aromatic carbocycles. The molecule has 0 amide bonds. The molecule has 0 unspecified atom stereocenters. The predicted molar refractivity (Wildman–Crippen MR) is 165 cm³/mol. The summed E-state index contributed by atoms with van der Waals surface area (Å²) in [5.41, 5.74) is 6.08. The molecule has 0 aliphatic heterocycles. The van der Waals surface area contributed by atoms with Crippen molar-refractivity contribution < 1.29 is 14.6 Å². The van der Waals surface area contributed by atoms with Gasteiger partial charge in [0.1, 0.15) is 12.5 Å². The number of rotatable bonds is 13. The quantitative estimate of drug-likeness (QED) is 0.157. The molecule has 3 nitrogen and oxygen atoms in total. The average molecular weight is 497 g/mol. The summed E-state index contributed by atoms with van der Waals surface area (Å²) in [6.07, 6.45) is 11.6. The van der Waals surface area contributed by atoms with Crippen molar-refractivity contribution in [2.24, 2.45) is 0 Å². The van der Waals surface area contributed by atoms with Crippen LogP contribution in [0.15, 0.2) is 134 Å². The van der Waals surface area contributed by atoms with Crippen LogP contribution in [-0.4, -0.2) is 25.6 Å². The van der Waals surface area contributed by atoms with E-state index in [4.69, 9.17) is 9.53 Å². The number of carbonyl (C=O) groups is 1. The van der Waals surface area contributed by atoms with Gasteiger partial charge in [-0.15, -0.1) is 19.7 Å². The molecule has 0 rings (SSSR count). The molecule has 3 heteroatoms. The normalized spacial score (nSPS) is 9.75. The van der Waals surface area contributed by atoms with Crippen molar-refractivity contribution in [1.82, 2.24) is 0 Å². The summed E-state index contributed by atoms with van der Waals surface area (Å²) in [7, 11) is 1.55. The molecule has 0 saturated heterocycles. The van der Waals surface area contributed by atoms with Crippen LogP contribution >= 0.6 is 0 Å². The Morgan fingerprint density at radius 3 is 1.61 bits per heavy atom. The summed E-state index contributed by atoms with van der Waals surface area (Å²) in [5.74, 6) is 0.513. The van der Waals surface area contributed by atoms with E-state index < -0.39 is 0 Å². The van der Waals surface area contributed by atoms with Gasteiger partial charge in [0.2, 0.25) is 0 Å². The molecule has 36 heavy (non-hydrogen) atoms. The van der Waals surface area contributed by atoms with E-state index in [1.54, 1.807) is 13.2 Å². The fraction of sp³-hybridized carbons (Fsp3) is 0.303. The maximum atomic E-state index is 9.24. The molecule has 0 heterocycles. The minimum atomic E-state index is 0.0104. The molecule has 0 atom stereocenters. The van der Waals surface area contributed by atoms with Gasteiger partial charge >= 0.3 is 0 Å². The van der Waals surface area contributed by atoms with E-state index in [1.807, 2.05) is 51.9 Å². The molecule has 0 fully saturated rings. The highest BCUT2D eigenvalue weighted by molar-refractivity contribution is 5.55. The first-order chi connectivity index (χ1) is 17.1. The van der Waals surface area contributed by atoms with Crippen LogP contribution in [-0.2, 0) is 9.53 Å².